The van der Waals surface area contributed by atoms with E-state index in [1.807, 2.05) is 6.92 Å². The minimum Gasteiger partial charge on any atom is -0.477 e. The predicted molar refractivity (Wildman–Crippen MR) is 50.6 cm³/mol. The van der Waals surface area contributed by atoms with Gasteiger partial charge in [-0.15, -0.1) is 0 Å². The third-order valence-corrected chi connectivity index (χ3v) is 2.99. The second-order valence-electron chi connectivity index (χ2n) is 2.65. The van der Waals surface area contributed by atoms with Crippen LogP contribution in [0.5, 0.6) is 0 Å². The molecule has 0 saturated carbocycles. The van der Waals surface area contributed by atoms with E-state index in [-0.39, 0.29) is 12.1 Å². The minimum absolute atomic E-state index is 0.194. The number of hydrogen-bond donors (Lipinski definition) is 2. The summed E-state index contributed by atoms with van der Waals surface area (Å²) in [6.07, 6.45) is 1.07. The second kappa shape index (κ2) is 3.89. The van der Waals surface area contributed by atoms with Gasteiger partial charge in [-0.2, -0.15) is 12.8 Å². The van der Waals surface area contributed by atoms with E-state index in [2.05, 4.69) is 9.71 Å². The first-order valence-electron chi connectivity index (χ1n) is 3.96. The number of likely N-dealkylation sites (N-methyl/N-ethyl adjacent to an activating group) is 1. The van der Waals surface area contributed by atoms with Crippen molar-refractivity contribution in [3.05, 3.63) is 10.5 Å². The lowest BCUT2D eigenvalue weighted by molar-refractivity contribution is -0.131. The van der Waals surface area contributed by atoms with E-state index in [0.29, 0.717) is 6.54 Å². The van der Waals surface area contributed by atoms with Gasteiger partial charge in [0.25, 0.3) is 10.0 Å². The predicted octanol–water partition coefficient (Wildman–Crippen LogP) is -0.651. The number of carboxylic acid groups (broad SMARTS) is 1. The number of nitrogens with zero attached hydrogens (tertiary/aromatic N) is 1. The molecular weight excluding hydrogens is 208 g/mol. The van der Waals surface area contributed by atoms with Crippen molar-refractivity contribution in [3.8, 4) is 0 Å². The molecule has 7 heteroatoms. The Hall–Kier alpha value is -1.21. The van der Waals surface area contributed by atoms with Crippen molar-refractivity contribution in [2.24, 2.45) is 4.40 Å². The first-order valence-corrected chi connectivity index (χ1v) is 5.40. The Morgan fingerprint density at radius 2 is 2.29 bits per heavy atom. The summed E-state index contributed by atoms with van der Waals surface area (Å²) < 4.78 is 25.4. The summed E-state index contributed by atoms with van der Waals surface area (Å²) in [5.41, 5.74) is 0.194. The number of carboxylic acids is 1. The van der Waals surface area contributed by atoms with Crippen molar-refractivity contribution in [3.63, 3.8) is 0 Å². The van der Waals surface area contributed by atoms with Crippen LogP contribution >= 0.6 is 0 Å². The monoisotopic (exact) mass is 218 g/mol. The lowest BCUT2D eigenvalue weighted by Gasteiger charge is -2.00. The topological polar surface area (TPSA) is 95.8 Å². The second-order valence-corrected chi connectivity index (χ2v) is 4.22. The van der Waals surface area contributed by atoms with E-state index in [1.165, 1.54) is 0 Å². The molecule has 1 rings (SSSR count). The Balaban J connectivity index is 3.04. The lowest BCUT2D eigenvalue weighted by Crippen LogP contribution is -2.19. The van der Waals surface area contributed by atoms with Gasteiger partial charge in [0.05, 0.1) is 0 Å². The fraction of sp³-hybridized carbons (Fsp3) is 0.429. The van der Waals surface area contributed by atoms with E-state index in [1.54, 1.807) is 0 Å². The maximum absolute atomic E-state index is 11.1. The largest absolute Gasteiger partial charge is 0.477 e. The Bertz CT molecular complexity index is 407. The zero-order valence-electron chi connectivity index (χ0n) is 7.52. The number of aliphatic carboxylic acids is 1. The molecule has 1 aliphatic rings. The molecule has 0 aromatic heterocycles. The summed E-state index contributed by atoms with van der Waals surface area (Å²) in [6, 6.07) is 0. The molecule has 1 aliphatic heterocycles. The molecule has 0 aliphatic carbocycles. The van der Waals surface area contributed by atoms with Crippen LogP contribution in [0.15, 0.2) is 14.9 Å². The van der Waals surface area contributed by atoms with Crippen molar-refractivity contribution in [2.75, 3.05) is 13.1 Å². The molecule has 0 aromatic rings. The van der Waals surface area contributed by atoms with Crippen molar-refractivity contribution in [2.45, 2.75) is 6.92 Å². The average Bonchev–Trinajstić information content (AvgIpc) is 2.37. The zero-order chi connectivity index (χ0) is 10.8. The molecule has 0 fully saturated rings. The van der Waals surface area contributed by atoms with E-state index in [9.17, 15) is 13.2 Å². The fourth-order valence-electron chi connectivity index (χ4n) is 1.04. The molecule has 0 unspecified atom stereocenters. The van der Waals surface area contributed by atoms with Gasteiger partial charge in [-0.1, -0.05) is 6.92 Å². The highest BCUT2D eigenvalue weighted by molar-refractivity contribution is 7.95. The van der Waals surface area contributed by atoms with Gasteiger partial charge in [-0.05, 0) is 6.54 Å². The summed E-state index contributed by atoms with van der Waals surface area (Å²) in [5, 5.41) is 11.5. The maximum Gasteiger partial charge on any atom is 0.349 e. The highest BCUT2D eigenvalue weighted by Crippen LogP contribution is 2.19. The maximum atomic E-state index is 11.1. The van der Waals surface area contributed by atoms with Crippen LogP contribution < -0.4 is 5.32 Å². The van der Waals surface area contributed by atoms with E-state index in [4.69, 9.17) is 5.11 Å². The normalized spacial score (nSPS) is 18.9. The number of sulfonamides is 1. The first-order chi connectivity index (χ1) is 6.49. The summed E-state index contributed by atoms with van der Waals surface area (Å²) in [5.74, 6) is -1.46. The van der Waals surface area contributed by atoms with Gasteiger partial charge in [0.2, 0.25) is 0 Å². The van der Waals surface area contributed by atoms with Gasteiger partial charge in [-0.3, -0.25) is 0 Å². The Morgan fingerprint density at radius 1 is 1.64 bits per heavy atom. The van der Waals surface area contributed by atoms with Gasteiger partial charge >= 0.3 is 5.97 Å². The van der Waals surface area contributed by atoms with Crippen LogP contribution in [-0.2, 0) is 14.8 Å². The molecule has 6 nitrogen and oxygen atoms in total. The molecule has 0 saturated heterocycles. The molecule has 0 amide bonds. The van der Waals surface area contributed by atoms with Crippen molar-refractivity contribution in [1.29, 1.82) is 0 Å². The van der Waals surface area contributed by atoms with Crippen LogP contribution in [0.2, 0.25) is 0 Å². The van der Waals surface area contributed by atoms with Crippen LogP contribution in [-0.4, -0.2) is 38.8 Å². The molecule has 2 N–H and O–H groups in total. The molecule has 0 bridgehead atoms. The van der Waals surface area contributed by atoms with Crippen LogP contribution in [0.4, 0.5) is 0 Å². The van der Waals surface area contributed by atoms with Gasteiger partial charge in [0.1, 0.15) is 0 Å². The number of rotatable bonds is 4. The van der Waals surface area contributed by atoms with E-state index in [0.717, 1.165) is 6.21 Å². The van der Waals surface area contributed by atoms with Gasteiger partial charge in [0.15, 0.2) is 4.91 Å². The van der Waals surface area contributed by atoms with Gasteiger partial charge < -0.3 is 10.4 Å². The third-order valence-electron chi connectivity index (χ3n) is 1.66. The van der Waals surface area contributed by atoms with Crippen LogP contribution in [0.3, 0.4) is 0 Å². The molecule has 0 radical (unpaired) electrons. The lowest BCUT2D eigenvalue weighted by atomic mass is 10.2. The Labute approximate surface area is 81.4 Å². The van der Waals surface area contributed by atoms with Gasteiger partial charge in [-0.25, -0.2) is 4.79 Å². The third kappa shape index (κ3) is 1.99. The molecule has 78 valence electrons. The first kappa shape index (κ1) is 10.9. The summed E-state index contributed by atoms with van der Waals surface area (Å²) >= 11 is 0. The van der Waals surface area contributed by atoms with E-state index >= 15 is 0 Å². The van der Waals surface area contributed by atoms with Crippen LogP contribution in [0, 0.1) is 0 Å². The quantitative estimate of drug-likeness (QED) is 0.653. The Morgan fingerprint density at radius 3 is 2.79 bits per heavy atom. The highest BCUT2D eigenvalue weighted by atomic mass is 32.2. The van der Waals surface area contributed by atoms with Crippen LogP contribution in [0.25, 0.3) is 0 Å². The van der Waals surface area contributed by atoms with Crippen molar-refractivity contribution >= 4 is 22.2 Å². The molecule has 0 spiro atoms. The number of carbonyl (C=O) groups is 1. The zero-order valence-corrected chi connectivity index (χ0v) is 8.34. The van der Waals surface area contributed by atoms with Crippen LogP contribution in [0.1, 0.15) is 6.92 Å². The number of nitrogens with one attached hydrogen (secondary N) is 1. The number of hydrogen-bond acceptors (Lipinski definition) is 4. The standard InChI is InChI=1S/C7H10N2O4S/c1-2-8-3-5-4-9-14(12,13)6(5)7(10)11/h4,8H,2-3H2,1H3,(H,10,11). The van der Waals surface area contributed by atoms with Crippen molar-refractivity contribution < 1.29 is 18.3 Å². The van der Waals surface area contributed by atoms with Crippen molar-refractivity contribution in [1.82, 2.24) is 5.32 Å². The molecule has 0 atom stereocenters. The highest BCUT2D eigenvalue weighted by Gasteiger charge is 2.31. The van der Waals surface area contributed by atoms with E-state index < -0.39 is 20.9 Å². The smallest absolute Gasteiger partial charge is 0.349 e. The van der Waals surface area contributed by atoms with Gasteiger partial charge in [0, 0.05) is 18.3 Å². The molecule has 1 heterocycles. The summed E-state index contributed by atoms with van der Waals surface area (Å²) in [4.78, 5) is 10.0. The molecular formula is C7H10N2O4S. The SMILES string of the molecule is CCNCC1=C(C(=O)O)S(=O)(=O)N=C1. The minimum atomic E-state index is -3.96. The Kier molecular flexibility index (Phi) is 3.02. The fourth-order valence-corrected chi connectivity index (χ4v) is 2.09. The summed E-state index contributed by atoms with van der Waals surface area (Å²) in [6.45, 7) is 2.66. The molecule has 0 aromatic carbocycles. The summed E-state index contributed by atoms with van der Waals surface area (Å²) in [7, 11) is -3.96. The molecule has 14 heavy (non-hydrogen) atoms. The average molecular weight is 218 g/mol.